The lowest BCUT2D eigenvalue weighted by Crippen LogP contribution is -2.24. The van der Waals surface area contributed by atoms with E-state index < -0.39 is 0 Å². The molecule has 0 saturated carbocycles. The van der Waals surface area contributed by atoms with Crippen molar-refractivity contribution in [2.45, 2.75) is 32.7 Å². The maximum Gasteiger partial charge on any atom is 0.358 e. The van der Waals surface area contributed by atoms with Crippen LogP contribution in [0.1, 0.15) is 35.1 Å². The Kier molecular flexibility index (Phi) is 4.88. The Labute approximate surface area is 116 Å². The van der Waals surface area contributed by atoms with E-state index in [1.807, 2.05) is 18.7 Å². The minimum Gasteiger partial charge on any atom is -0.461 e. The number of ether oxygens (including phenoxy) is 1. The molecule has 0 radical (unpaired) electrons. The molecule has 2 heterocycles. The van der Waals surface area contributed by atoms with E-state index >= 15 is 0 Å². The van der Waals surface area contributed by atoms with E-state index in [0.717, 1.165) is 22.9 Å². The minimum atomic E-state index is -0.321. The molecule has 6 heteroatoms. The number of anilines is 1. The summed E-state index contributed by atoms with van der Waals surface area (Å²) in [7, 11) is 0. The van der Waals surface area contributed by atoms with Crippen LogP contribution >= 0.6 is 23.1 Å². The Hall–Kier alpha value is -0.750. The van der Waals surface area contributed by atoms with Crippen molar-refractivity contribution in [2.75, 3.05) is 23.4 Å². The number of aromatic nitrogens is 1. The summed E-state index contributed by atoms with van der Waals surface area (Å²) in [6, 6.07) is 0.492. The van der Waals surface area contributed by atoms with Gasteiger partial charge in [0.2, 0.25) is 0 Å². The number of nitrogens with one attached hydrogen (secondary N) is 1. The molecule has 18 heavy (non-hydrogen) atoms. The zero-order valence-corrected chi connectivity index (χ0v) is 12.3. The van der Waals surface area contributed by atoms with E-state index in [0.29, 0.717) is 18.3 Å². The van der Waals surface area contributed by atoms with Crippen LogP contribution in [0.25, 0.3) is 0 Å². The zero-order chi connectivity index (χ0) is 13.0. The predicted octanol–water partition coefficient (Wildman–Crippen LogP) is 2.94. The third-order valence-corrected chi connectivity index (χ3v) is 4.77. The van der Waals surface area contributed by atoms with Gasteiger partial charge in [-0.3, -0.25) is 0 Å². The van der Waals surface area contributed by atoms with Crippen molar-refractivity contribution in [3.05, 3.63) is 10.6 Å². The summed E-state index contributed by atoms with van der Waals surface area (Å²) in [6.45, 7) is 4.10. The number of rotatable bonds is 4. The Bertz CT molecular complexity index is 414. The molecular weight excluding hydrogens is 268 g/mol. The normalized spacial score (nSPS) is 16.6. The lowest BCUT2D eigenvalue weighted by Gasteiger charge is -2.21. The van der Waals surface area contributed by atoms with Crippen molar-refractivity contribution in [2.24, 2.45) is 0 Å². The second-order valence-corrected chi connectivity index (χ2v) is 6.60. The average molecular weight is 286 g/mol. The maximum absolute atomic E-state index is 11.7. The average Bonchev–Trinajstić information content (AvgIpc) is 2.72. The molecule has 0 spiro atoms. The Morgan fingerprint density at radius 3 is 2.89 bits per heavy atom. The van der Waals surface area contributed by atoms with Crippen LogP contribution in [-0.2, 0) is 4.74 Å². The first-order valence-electron chi connectivity index (χ1n) is 6.19. The van der Waals surface area contributed by atoms with Crippen LogP contribution in [-0.4, -0.2) is 35.1 Å². The second-order valence-electron chi connectivity index (χ2n) is 4.18. The maximum atomic E-state index is 11.7. The number of hydrogen-bond donors (Lipinski definition) is 1. The van der Waals surface area contributed by atoms with Gasteiger partial charge in [0.1, 0.15) is 0 Å². The number of carbonyl (C=O) groups excluding carboxylic acids is 1. The van der Waals surface area contributed by atoms with Crippen molar-refractivity contribution >= 4 is 34.2 Å². The van der Waals surface area contributed by atoms with Gasteiger partial charge < -0.3 is 10.1 Å². The van der Waals surface area contributed by atoms with Gasteiger partial charge in [0.15, 0.2) is 10.8 Å². The molecule has 0 unspecified atom stereocenters. The molecule has 1 aromatic heterocycles. The standard InChI is InChI=1S/C12H18N2O2S2/c1-3-16-11(15)10-8(2)18-12(14-10)13-9-4-6-17-7-5-9/h9H,3-7H2,1-2H3,(H,13,14). The van der Waals surface area contributed by atoms with Crippen LogP contribution in [0.3, 0.4) is 0 Å². The number of hydrogen-bond acceptors (Lipinski definition) is 6. The van der Waals surface area contributed by atoms with Crippen molar-refractivity contribution in [1.82, 2.24) is 4.98 Å². The molecule has 1 fully saturated rings. The number of carbonyl (C=O) groups is 1. The highest BCUT2D eigenvalue weighted by atomic mass is 32.2. The van der Waals surface area contributed by atoms with Gasteiger partial charge in [-0.2, -0.15) is 11.8 Å². The van der Waals surface area contributed by atoms with Crippen LogP contribution in [0.4, 0.5) is 5.13 Å². The third-order valence-electron chi connectivity index (χ3n) is 2.81. The third kappa shape index (κ3) is 3.38. The summed E-state index contributed by atoms with van der Waals surface area (Å²) in [4.78, 5) is 16.9. The number of aryl methyl sites for hydroxylation is 1. The van der Waals surface area contributed by atoms with Crippen molar-refractivity contribution in [3.63, 3.8) is 0 Å². The largest absolute Gasteiger partial charge is 0.461 e. The quantitative estimate of drug-likeness (QED) is 0.862. The number of thioether (sulfide) groups is 1. The van der Waals surface area contributed by atoms with Crippen LogP contribution in [0.5, 0.6) is 0 Å². The fourth-order valence-corrected chi connectivity index (χ4v) is 3.85. The van der Waals surface area contributed by atoms with Gasteiger partial charge in [0, 0.05) is 10.9 Å². The number of nitrogens with zero attached hydrogens (tertiary/aromatic N) is 1. The molecule has 0 aliphatic carbocycles. The SMILES string of the molecule is CCOC(=O)c1nc(NC2CCSCC2)sc1C. The molecule has 0 atom stereocenters. The van der Waals surface area contributed by atoms with E-state index in [1.54, 1.807) is 6.92 Å². The summed E-state index contributed by atoms with van der Waals surface area (Å²) >= 11 is 3.53. The monoisotopic (exact) mass is 286 g/mol. The Morgan fingerprint density at radius 2 is 2.22 bits per heavy atom. The highest BCUT2D eigenvalue weighted by Crippen LogP contribution is 2.26. The molecule has 1 aliphatic rings. The molecule has 1 aliphatic heterocycles. The van der Waals surface area contributed by atoms with Crippen LogP contribution in [0, 0.1) is 6.92 Å². The first-order valence-corrected chi connectivity index (χ1v) is 8.16. The van der Waals surface area contributed by atoms with E-state index in [1.165, 1.54) is 22.8 Å². The number of esters is 1. The van der Waals surface area contributed by atoms with Gasteiger partial charge in [-0.15, -0.1) is 11.3 Å². The van der Waals surface area contributed by atoms with Crippen molar-refractivity contribution < 1.29 is 9.53 Å². The topological polar surface area (TPSA) is 51.2 Å². The molecule has 4 nitrogen and oxygen atoms in total. The molecule has 0 bridgehead atoms. The smallest absolute Gasteiger partial charge is 0.358 e. The van der Waals surface area contributed by atoms with E-state index in [9.17, 15) is 4.79 Å². The lowest BCUT2D eigenvalue weighted by atomic mass is 10.2. The highest BCUT2D eigenvalue weighted by Gasteiger charge is 2.19. The summed E-state index contributed by atoms with van der Waals surface area (Å²) in [6.07, 6.45) is 2.33. The fraction of sp³-hybridized carbons (Fsp3) is 0.667. The van der Waals surface area contributed by atoms with Gasteiger partial charge in [0.05, 0.1) is 6.61 Å². The van der Waals surface area contributed by atoms with Gasteiger partial charge in [0.25, 0.3) is 0 Å². The minimum absolute atomic E-state index is 0.321. The highest BCUT2D eigenvalue weighted by molar-refractivity contribution is 7.99. The number of thiazole rings is 1. The van der Waals surface area contributed by atoms with Gasteiger partial charge in [-0.05, 0) is 38.2 Å². The van der Waals surface area contributed by atoms with Crippen molar-refractivity contribution in [1.29, 1.82) is 0 Å². The first-order chi connectivity index (χ1) is 8.70. The summed E-state index contributed by atoms with van der Waals surface area (Å²) in [5.74, 6) is 2.08. The molecule has 1 N–H and O–H groups in total. The van der Waals surface area contributed by atoms with Gasteiger partial charge >= 0.3 is 5.97 Å². The summed E-state index contributed by atoms with van der Waals surface area (Å²) in [5, 5.41) is 4.27. The van der Waals surface area contributed by atoms with E-state index in [4.69, 9.17) is 4.74 Å². The molecule has 0 amide bonds. The Balaban J connectivity index is 2.01. The summed E-state index contributed by atoms with van der Waals surface area (Å²) in [5.41, 5.74) is 0.453. The zero-order valence-electron chi connectivity index (χ0n) is 10.7. The second kappa shape index (κ2) is 6.43. The predicted molar refractivity (Wildman–Crippen MR) is 76.8 cm³/mol. The van der Waals surface area contributed by atoms with Crippen LogP contribution in [0.15, 0.2) is 0 Å². The molecule has 1 aromatic rings. The van der Waals surface area contributed by atoms with Crippen LogP contribution in [0.2, 0.25) is 0 Å². The molecule has 1 saturated heterocycles. The molecule has 100 valence electrons. The molecular formula is C12H18N2O2S2. The Morgan fingerprint density at radius 1 is 1.50 bits per heavy atom. The molecule has 2 rings (SSSR count). The van der Waals surface area contributed by atoms with Gasteiger partial charge in [-0.1, -0.05) is 0 Å². The lowest BCUT2D eigenvalue weighted by molar-refractivity contribution is 0.0519. The van der Waals surface area contributed by atoms with E-state index in [-0.39, 0.29) is 5.97 Å². The van der Waals surface area contributed by atoms with Crippen LogP contribution < -0.4 is 5.32 Å². The molecule has 0 aromatic carbocycles. The van der Waals surface area contributed by atoms with Crippen molar-refractivity contribution in [3.8, 4) is 0 Å². The fourth-order valence-electron chi connectivity index (χ4n) is 1.86. The summed E-state index contributed by atoms with van der Waals surface area (Å²) < 4.78 is 4.99. The van der Waals surface area contributed by atoms with Gasteiger partial charge in [-0.25, -0.2) is 9.78 Å². The first kappa shape index (κ1) is 13.7. The van der Waals surface area contributed by atoms with E-state index in [2.05, 4.69) is 10.3 Å².